The summed E-state index contributed by atoms with van der Waals surface area (Å²) in [6.07, 6.45) is 0.694. The number of carbonyl (C=O) groups excluding carboxylic acids is 1. The number of hydrogen-bond acceptors (Lipinski definition) is 7. The van der Waals surface area contributed by atoms with E-state index in [1.165, 1.54) is 55.5 Å². The van der Waals surface area contributed by atoms with Gasteiger partial charge in [0, 0.05) is 29.0 Å². The molecule has 0 aromatic heterocycles. The van der Waals surface area contributed by atoms with Gasteiger partial charge < -0.3 is 10.1 Å². The minimum atomic E-state index is -4.42. The average Bonchev–Trinajstić information content (AvgIpc) is 2.90. The van der Waals surface area contributed by atoms with E-state index in [-0.39, 0.29) is 27.0 Å². The van der Waals surface area contributed by atoms with Gasteiger partial charge in [-0.1, -0.05) is 47.5 Å². The number of rotatable bonds is 13. The van der Waals surface area contributed by atoms with E-state index in [9.17, 15) is 23.3 Å². The zero-order chi connectivity index (χ0) is 28.6. The Bertz CT molecular complexity index is 1430. The van der Waals surface area contributed by atoms with Crippen molar-refractivity contribution in [2.75, 3.05) is 30.3 Å². The first kappa shape index (κ1) is 30.3. The Morgan fingerprint density at radius 1 is 1.10 bits per heavy atom. The first-order valence-electron chi connectivity index (χ1n) is 12.0. The van der Waals surface area contributed by atoms with Gasteiger partial charge in [-0.2, -0.15) is 11.8 Å². The molecule has 0 fully saturated rings. The molecule has 0 aliphatic heterocycles. The lowest BCUT2D eigenvalue weighted by Gasteiger charge is -2.26. The summed E-state index contributed by atoms with van der Waals surface area (Å²) in [4.78, 5) is 23.4. The summed E-state index contributed by atoms with van der Waals surface area (Å²) >= 11 is 7.90. The lowest BCUT2D eigenvalue weighted by molar-refractivity contribution is -0.385. The molecule has 39 heavy (non-hydrogen) atoms. The topological polar surface area (TPSA) is 119 Å². The van der Waals surface area contributed by atoms with Gasteiger partial charge in [0.15, 0.2) is 0 Å². The molecular weight excluding hydrogens is 562 g/mol. The Morgan fingerprint density at radius 3 is 2.49 bits per heavy atom. The lowest BCUT2D eigenvalue weighted by atomic mass is 10.2. The summed E-state index contributed by atoms with van der Waals surface area (Å²) in [6.45, 7) is 3.34. The number of nitrogens with one attached hydrogen (secondary N) is 1. The van der Waals surface area contributed by atoms with Crippen LogP contribution in [0.1, 0.15) is 23.1 Å². The van der Waals surface area contributed by atoms with E-state index in [1.807, 2.05) is 6.92 Å². The largest absolute Gasteiger partial charge is 0.495 e. The van der Waals surface area contributed by atoms with Crippen LogP contribution < -0.4 is 14.4 Å². The minimum absolute atomic E-state index is 0.0389. The van der Waals surface area contributed by atoms with E-state index in [4.69, 9.17) is 16.3 Å². The molecule has 0 bridgehead atoms. The summed E-state index contributed by atoms with van der Waals surface area (Å²) in [6, 6.07) is 16.3. The number of methoxy groups -OCH3 is 1. The van der Waals surface area contributed by atoms with Crippen LogP contribution in [0, 0.1) is 24.0 Å². The smallest absolute Gasteiger partial charge is 0.273 e. The van der Waals surface area contributed by atoms with Crippen LogP contribution in [0.3, 0.4) is 0 Å². The van der Waals surface area contributed by atoms with Gasteiger partial charge in [0.25, 0.3) is 15.7 Å². The second kappa shape index (κ2) is 13.7. The summed E-state index contributed by atoms with van der Waals surface area (Å²) in [5.74, 6) is 1.30. The molecule has 3 aromatic carbocycles. The van der Waals surface area contributed by atoms with Gasteiger partial charge in [0.05, 0.1) is 22.6 Å². The summed E-state index contributed by atoms with van der Waals surface area (Å²) in [5, 5.41) is 14.4. The number of hydrogen-bond donors (Lipinski definition) is 1. The van der Waals surface area contributed by atoms with Gasteiger partial charge in [0.2, 0.25) is 5.91 Å². The molecule has 0 atom stereocenters. The molecule has 1 N–H and O–H groups in total. The minimum Gasteiger partial charge on any atom is -0.495 e. The van der Waals surface area contributed by atoms with Crippen LogP contribution in [0.4, 0.5) is 11.4 Å². The van der Waals surface area contributed by atoms with Crippen LogP contribution in [-0.2, 0) is 20.6 Å². The number of carbonyl (C=O) groups is 1. The van der Waals surface area contributed by atoms with Gasteiger partial charge in [-0.15, -0.1) is 0 Å². The number of thioether (sulfide) groups is 1. The van der Waals surface area contributed by atoms with Gasteiger partial charge in [0.1, 0.15) is 12.3 Å². The van der Waals surface area contributed by atoms with Crippen molar-refractivity contribution in [2.45, 2.75) is 30.9 Å². The molecule has 0 unspecified atom stereocenters. The first-order chi connectivity index (χ1) is 18.5. The molecular formula is C27H30ClN3O6S2. The Morgan fingerprint density at radius 2 is 1.82 bits per heavy atom. The van der Waals surface area contributed by atoms with Crippen LogP contribution in [0.15, 0.2) is 65.6 Å². The number of ether oxygens (including phenoxy) is 1. The van der Waals surface area contributed by atoms with E-state index >= 15 is 0 Å². The normalized spacial score (nSPS) is 11.2. The predicted octanol–water partition coefficient (Wildman–Crippen LogP) is 5.51. The number of amides is 1. The van der Waals surface area contributed by atoms with Crippen molar-refractivity contribution in [3.05, 3.63) is 92.5 Å². The molecule has 0 spiro atoms. The molecule has 12 heteroatoms. The van der Waals surface area contributed by atoms with E-state index in [2.05, 4.69) is 29.6 Å². The second-order valence-electron chi connectivity index (χ2n) is 8.77. The zero-order valence-electron chi connectivity index (χ0n) is 21.8. The van der Waals surface area contributed by atoms with E-state index in [0.717, 1.165) is 21.9 Å². The number of anilines is 1. The summed E-state index contributed by atoms with van der Waals surface area (Å²) in [7, 11) is -3.06. The number of nitro groups is 1. The molecule has 3 rings (SSSR count). The fourth-order valence-corrected chi connectivity index (χ4v) is 6.23. The maximum atomic E-state index is 13.7. The Balaban J connectivity index is 1.74. The SMILES string of the molecule is COc1ccc(Cl)cc1N(CC(=O)NCCCSCc1ccc(C)cc1)S(=O)(=O)c1ccc(C)c([N+](=O)[O-])c1. The van der Waals surface area contributed by atoms with Crippen LogP contribution >= 0.6 is 23.4 Å². The molecule has 0 heterocycles. The molecule has 9 nitrogen and oxygen atoms in total. The van der Waals surface area contributed by atoms with Crippen molar-refractivity contribution in [1.29, 1.82) is 0 Å². The number of nitro benzene ring substituents is 1. The summed E-state index contributed by atoms with van der Waals surface area (Å²) in [5.41, 5.74) is 2.43. The Hall–Kier alpha value is -3.28. The van der Waals surface area contributed by atoms with Gasteiger partial charge in [-0.3, -0.25) is 19.2 Å². The van der Waals surface area contributed by atoms with Crippen LogP contribution in [-0.4, -0.2) is 45.2 Å². The average molecular weight is 592 g/mol. The quantitative estimate of drug-likeness (QED) is 0.158. The molecule has 0 aliphatic carbocycles. The van der Waals surface area contributed by atoms with Crippen LogP contribution in [0.2, 0.25) is 5.02 Å². The lowest BCUT2D eigenvalue weighted by Crippen LogP contribution is -2.41. The third-order valence-corrected chi connectivity index (χ3v) is 8.94. The van der Waals surface area contributed by atoms with Crippen LogP contribution in [0.25, 0.3) is 0 Å². The molecule has 1 amide bonds. The molecule has 3 aromatic rings. The maximum Gasteiger partial charge on any atom is 0.273 e. The fraction of sp³-hybridized carbons (Fsp3) is 0.296. The van der Waals surface area contributed by atoms with Gasteiger partial charge in [-0.05, 0) is 55.9 Å². The van der Waals surface area contributed by atoms with Crippen molar-refractivity contribution in [3.63, 3.8) is 0 Å². The first-order valence-corrected chi connectivity index (χ1v) is 15.0. The molecule has 0 saturated carbocycles. The number of benzene rings is 3. The monoisotopic (exact) mass is 591 g/mol. The van der Waals surface area contributed by atoms with Crippen molar-refractivity contribution in [1.82, 2.24) is 5.32 Å². The van der Waals surface area contributed by atoms with E-state index in [0.29, 0.717) is 18.5 Å². The van der Waals surface area contributed by atoms with E-state index in [1.54, 1.807) is 11.8 Å². The second-order valence-corrected chi connectivity index (χ2v) is 12.2. The number of nitrogens with zero attached hydrogens (tertiary/aromatic N) is 2. The number of halogens is 1. The highest BCUT2D eigenvalue weighted by atomic mass is 35.5. The van der Waals surface area contributed by atoms with Gasteiger partial charge in [-0.25, -0.2) is 8.42 Å². The third-order valence-electron chi connectivity index (χ3n) is 5.84. The van der Waals surface area contributed by atoms with Crippen molar-refractivity contribution >= 4 is 50.7 Å². The van der Waals surface area contributed by atoms with Crippen molar-refractivity contribution in [2.24, 2.45) is 0 Å². The highest BCUT2D eigenvalue weighted by Gasteiger charge is 2.31. The Kier molecular flexibility index (Phi) is 10.6. The molecule has 0 radical (unpaired) electrons. The summed E-state index contributed by atoms with van der Waals surface area (Å²) < 4.78 is 33.6. The van der Waals surface area contributed by atoms with Crippen LogP contribution in [0.5, 0.6) is 5.75 Å². The number of sulfonamides is 1. The fourth-order valence-electron chi connectivity index (χ4n) is 3.69. The molecule has 208 valence electrons. The maximum absolute atomic E-state index is 13.7. The number of aryl methyl sites for hydroxylation is 2. The highest BCUT2D eigenvalue weighted by Crippen LogP contribution is 2.35. The predicted molar refractivity (Wildman–Crippen MR) is 155 cm³/mol. The Labute approximate surface area is 237 Å². The van der Waals surface area contributed by atoms with E-state index < -0.39 is 27.4 Å². The molecule has 0 saturated heterocycles. The standard InChI is InChI=1S/C27H30ClN3O6S2/c1-19-5-8-21(9-6-19)18-38-14-4-13-29-27(32)17-30(25-15-22(28)10-12-26(25)37-3)39(35,36)23-11-7-20(2)24(16-23)31(33)34/h5-12,15-16H,4,13-14,17-18H2,1-3H3,(H,29,32). The van der Waals surface area contributed by atoms with Gasteiger partial charge >= 0.3 is 0 Å². The third kappa shape index (κ3) is 8.11. The zero-order valence-corrected chi connectivity index (χ0v) is 24.2. The highest BCUT2D eigenvalue weighted by molar-refractivity contribution is 7.98. The molecule has 0 aliphatic rings. The van der Waals surface area contributed by atoms with Crippen molar-refractivity contribution in [3.8, 4) is 5.75 Å². The van der Waals surface area contributed by atoms with Crippen molar-refractivity contribution < 1.29 is 22.9 Å².